The van der Waals surface area contributed by atoms with Crippen molar-refractivity contribution in [1.29, 1.82) is 0 Å². The molecule has 0 aliphatic heterocycles. The van der Waals surface area contributed by atoms with E-state index in [0.29, 0.717) is 12.2 Å². The van der Waals surface area contributed by atoms with Gasteiger partial charge in [0.15, 0.2) is 0 Å². The topological polar surface area (TPSA) is 63.6 Å². The second-order valence-corrected chi connectivity index (χ2v) is 4.19. The van der Waals surface area contributed by atoms with Crippen LogP contribution in [0.5, 0.6) is 5.75 Å². The van der Waals surface area contributed by atoms with E-state index in [1.807, 2.05) is 24.3 Å². The minimum absolute atomic E-state index is 0.000360. The van der Waals surface area contributed by atoms with Gasteiger partial charge in [0.25, 0.3) is 0 Å². The smallest absolute Gasteiger partial charge is 0.306 e. The normalized spacial score (nSPS) is 10.1. The van der Waals surface area contributed by atoms with Gasteiger partial charge in [0.05, 0.1) is 13.0 Å². The number of carboxylic acids is 1. The van der Waals surface area contributed by atoms with Gasteiger partial charge in [0.2, 0.25) is 0 Å². The molecule has 0 atom stereocenters. The highest BCUT2D eigenvalue weighted by molar-refractivity contribution is 5.75. The standard InChI is InChI=1S/C14H18O4/c1-11(15)3-2-4-12-5-7-13(8-6-12)18-10-9-14(16)17/h5-8H,2-4,9-10H2,1H3,(H,16,17). The van der Waals surface area contributed by atoms with Crippen molar-refractivity contribution in [3.05, 3.63) is 29.8 Å². The van der Waals surface area contributed by atoms with Crippen LogP contribution in [-0.4, -0.2) is 23.5 Å². The summed E-state index contributed by atoms with van der Waals surface area (Å²) in [6.45, 7) is 1.78. The van der Waals surface area contributed by atoms with E-state index < -0.39 is 5.97 Å². The van der Waals surface area contributed by atoms with Crippen molar-refractivity contribution in [2.75, 3.05) is 6.61 Å². The summed E-state index contributed by atoms with van der Waals surface area (Å²) in [4.78, 5) is 21.1. The molecule has 0 bridgehead atoms. The molecule has 0 saturated heterocycles. The molecule has 0 fully saturated rings. The average molecular weight is 250 g/mol. The van der Waals surface area contributed by atoms with Gasteiger partial charge in [-0.3, -0.25) is 4.79 Å². The Morgan fingerprint density at radius 3 is 2.39 bits per heavy atom. The van der Waals surface area contributed by atoms with Crippen molar-refractivity contribution in [3.63, 3.8) is 0 Å². The van der Waals surface area contributed by atoms with Crippen LogP contribution in [-0.2, 0) is 16.0 Å². The second-order valence-electron chi connectivity index (χ2n) is 4.19. The number of hydrogen-bond acceptors (Lipinski definition) is 3. The van der Waals surface area contributed by atoms with Gasteiger partial charge in [0.1, 0.15) is 11.5 Å². The van der Waals surface area contributed by atoms with Gasteiger partial charge >= 0.3 is 5.97 Å². The lowest BCUT2D eigenvalue weighted by Crippen LogP contribution is -2.04. The molecule has 0 heterocycles. The van der Waals surface area contributed by atoms with Crippen molar-refractivity contribution in [3.8, 4) is 5.75 Å². The number of carbonyl (C=O) groups excluding carboxylic acids is 1. The second kappa shape index (κ2) is 7.48. The predicted molar refractivity (Wildman–Crippen MR) is 67.8 cm³/mol. The minimum Gasteiger partial charge on any atom is -0.493 e. The molecule has 1 rings (SSSR count). The van der Waals surface area contributed by atoms with E-state index >= 15 is 0 Å². The number of rotatable bonds is 8. The number of Topliss-reactive ketones (excluding diaryl/α,β-unsaturated/α-hetero) is 1. The Morgan fingerprint density at radius 2 is 1.83 bits per heavy atom. The van der Waals surface area contributed by atoms with Crippen molar-refractivity contribution in [2.45, 2.75) is 32.6 Å². The Labute approximate surface area is 107 Å². The first-order chi connectivity index (χ1) is 8.58. The van der Waals surface area contributed by atoms with Crippen LogP contribution in [0.3, 0.4) is 0 Å². The predicted octanol–water partition coefficient (Wildman–Crippen LogP) is 2.45. The minimum atomic E-state index is -0.865. The van der Waals surface area contributed by atoms with Crippen molar-refractivity contribution >= 4 is 11.8 Å². The Balaban J connectivity index is 2.33. The number of hydrogen-bond donors (Lipinski definition) is 1. The molecular formula is C14H18O4. The first kappa shape index (κ1) is 14.2. The van der Waals surface area contributed by atoms with Crippen LogP contribution < -0.4 is 4.74 Å². The van der Waals surface area contributed by atoms with Gasteiger partial charge in [-0.2, -0.15) is 0 Å². The van der Waals surface area contributed by atoms with Gasteiger partial charge in [-0.05, 0) is 37.5 Å². The highest BCUT2D eigenvalue weighted by Crippen LogP contribution is 2.14. The molecule has 0 aromatic heterocycles. The fourth-order valence-electron chi connectivity index (χ4n) is 1.55. The summed E-state index contributed by atoms with van der Waals surface area (Å²) in [6.07, 6.45) is 2.33. The van der Waals surface area contributed by atoms with Gasteiger partial charge in [0, 0.05) is 6.42 Å². The number of aliphatic carboxylic acids is 1. The van der Waals surface area contributed by atoms with E-state index in [-0.39, 0.29) is 18.8 Å². The van der Waals surface area contributed by atoms with Crippen LogP contribution in [0.2, 0.25) is 0 Å². The first-order valence-electron chi connectivity index (χ1n) is 6.01. The molecule has 0 radical (unpaired) electrons. The van der Waals surface area contributed by atoms with E-state index in [2.05, 4.69) is 0 Å². The fourth-order valence-corrected chi connectivity index (χ4v) is 1.55. The zero-order valence-corrected chi connectivity index (χ0v) is 10.5. The summed E-state index contributed by atoms with van der Waals surface area (Å²) in [7, 11) is 0. The highest BCUT2D eigenvalue weighted by atomic mass is 16.5. The average Bonchev–Trinajstić information content (AvgIpc) is 2.30. The third kappa shape index (κ3) is 6.03. The molecule has 1 aromatic carbocycles. The number of carboxylic acid groups (broad SMARTS) is 1. The third-order valence-electron chi connectivity index (χ3n) is 2.50. The molecule has 0 amide bonds. The van der Waals surface area contributed by atoms with Crippen molar-refractivity contribution in [1.82, 2.24) is 0 Å². The van der Waals surface area contributed by atoms with Crippen molar-refractivity contribution in [2.24, 2.45) is 0 Å². The van der Waals surface area contributed by atoms with Gasteiger partial charge in [-0.15, -0.1) is 0 Å². The number of ketones is 1. The maximum Gasteiger partial charge on any atom is 0.306 e. The lowest BCUT2D eigenvalue weighted by atomic mass is 10.1. The fraction of sp³-hybridized carbons (Fsp3) is 0.429. The van der Waals surface area contributed by atoms with Gasteiger partial charge < -0.3 is 14.6 Å². The van der Waals surface area contributed by atoms with E-state index in [4.69, 9.17) is 9.84 Å². The maximum absolute atomic E-state index is 10.8. The lowest BCUT2D eigenvalue weighted by molar-refractivity contribution is -0.137. The number of benzene rings is 1. The molecule has 98 valence electrons. The van der Waals surface area contributed by atoms with Gasteiger partial charge in [-0.25, -0.2) is 0 Å². The Hall–Kier alpha value is -1.84. The Bertz CT molecular complexity index is 356. The number of aryl methyl sites for hydroxylation is 1. The lowest BCUT2D eigenvalue weighted by Gasteiger charge is -2.05. The molecule has 0 saturated carbocycles. The van der Waals surface area contributed by atoms with E-state index in [9.17, 15) is 9.59 Å². The third-order valence-corrected chi connectivity index (χ3v) is 2.50. The molecule has 0 aliphatic rings. The first-order valence-corrected chi connectivity index (χ1v) is 6.01. The summed E-state index contributed by atoms with van der Waals surface area (Å²) in [5.74, 6) is 0.0195. The summed E-state index contributed by atoms with van der Waals surface area (Å²) in [5.41, 5.74) is 1.15. The molecular weight excluding hydrogens is 232 g/mol. The largest absolute Gasteiger partial charge is 0.493 e. The van der Waals surface area contributed by atoms with Crippen LogP contribution in [0.1, 0.15) is 31.7 Å². The molecule has 0 aliphatic carbocycles. The van der Waals surface area contributed by atoms with Crippen LogP contribution >= 0.6 is 0 Å². The van der Waals surface area contributed by atoms with Crippen molar-refractivity contribution < 1.29 is 19.4 Å². The SMILES string of the molecule is CC(=O)CCCc1ccc(OCCC(=O)O)cc1. The molecule has 0 unspecified atom stereocenters. The van der Waals surface area contributed by atoms with Gasteiger partial charge in [-0.1, -0.05) is 12.1 Å². The van der Waals surface area contributed by atoms with E-state index in [1.54, 1.807) is 6.92 Å². The highest BCUT2D eigenvalue weighted by Gasteiger charge is 2.00. The molecule has 4 nitrogen and oxygen atoms in total. The summed E-state index contributed by atoms with van der Waals surface area (Å²) in [6, 6.07) is 7.53. The van der Waals surface area contributed by atoms with E-state index in [1.165, 1.54) is 0 Å². The van der Waals surface area contributed by atoms with Crippen LogP contribution in [0, 0.1) is 0 Å². The monoisotopic (exact) mass is 250 g/mol. The quantitative estimate of drug-likeness (QED) is 0.769. The maximum atomic E-state index is 10.8. The molecule has 1 aromatic rings. The van der Waals surface area contributed by atoms with Crippen LogP contribution in [0.25, 0.3) is 0 Å². The Morgan fingerprint density at radius 1 is 1.17 bits per heavy atom. The number of carbonyl (C=O) groups is 2. The van der Waals surface area contributed by atoms with Crippen LogP contribution in [0.15, 0.2) is 24.3 Å². The van der Waals surface area contributed by atoms with Crippen LogP contribution in [0.4, 0.5) is 0 Å². The summed E-state index contributed by atoms with van der Waals surface area (Å²) >= 11 is 0. The molecule has 1 N–H and O–H groups in total. The molecule has 18 heavy (non-hydrogen) atoms. The zero-order chi connectivity index (χ0) is 13.4. The molecule has 4 heteroatoms. The Kier molecular flexibility index (Phi) is 5.91. The van der Waals surface area contributed by atoms with E-state index in [0.717, 1.165) is 18.4 Å². The number of ether oxygens (including phenoxy) is 1. The summed E-state index contributed by atoms with van der Waals surface area (Å²) in [5, 5.41) is 8.47. The summed E-state index contributed by atoms with van der Waals surface area (Å²) < 4.78 is 5.28. The zero-order valence-electron chi connectivity index (χ0n) is 10.5. The molecule has 0 spiro atoms.